The molecule has 0 amide bonds. The minimum atomic E-state index is -0.703. The predicted molar refractivity (Wildman–Crippen MR) is 62.6 cm³/mol. The third kappa shape index (κ3) is 4.10. The molecule has 4 nitrogen and oxygen atoms in total. The molecule has 0 aromatic heterocycles. The molecule has 1 aliphatic heterocycles. The Bertz CT molecular complexity index is 218. The van der Waals surface area contributed by atoms with Gasteiger partial charge in [0.25, 0.3) is 0 Å². The highest BCUT2D eigenvalue weighted by Crippen LogP contribution is 2.18. The van der Waals surface area contributed by atoms with Crippen molar-refractivity contribution in [2.75, 3.05) is 19.7 Å². The Morgan fingerprint density at radius 1 is 1.56 bits per heavy atom. The highest BCUT2D eigenvalue weighted by molar-refractivity contribution is 5.67. The van der Waals surface area contributed by atoms with Gasteiger partial charge in [-0.15, -0.1) is 0 Å². The van der Waals surface area contributed by atoms with Crippen LogP contribution in [0.15, 0.2) is 0 Å². The lowest BCUT2D eigenvalue weighted by Crippen LogP contribution is -2.46. The summed E-state index contributed by atoms with van der Waals surface area (Å²) in [5.74, 6) is -0.703. The number of carboxylic acid groups (broad SMARTS) is 1. The summed E-state index contributed by atoms with van der Waals surface area (Å²) in [5, 5.41) is 8.86. The van der Waals surface area contributed by atoms with Gasteiger partial charge in [0.05, 0.1) is 12.5 Å². The average Bonchev–Trinajstić information content (AvgIpc) is 2.26. The maximum atomic E-state index is 10.8. The Morgan fingerprint density at radius 3 is 2.88 bits per heavy atom. The van der Waals surface area contributed by atoms with Gasteiger partial charge in [-0.05, 0) is 32.7 Å². The predicted octanol–water partition coefficient (Wildman–Crippen LogP) is 1.74. The standard InChI is InChI=1S/C12H23NO3/c1-3-10(8-12(14)15)13-7-5-6-11(9-13)16-4-2/h10-11H,3-9H2,1-2H3,(H,14,15). The number of rotatable bonds is 6. The summed E-state index contributed by atoms with van der Waals surface area (Å²) in [4.78, 5) is 13.0. The Hall–Kier alpha value is -0.610. The largest absolute Gasteiger partial charge is 0.481 e. The zero-order valence-electron chi connectivity index (χ0n) is 10.3. The molecule has 4 heteroatoms. The lowest BCUT2D eigenvalue weighted by molar-refractivity contribution is -0.139. The van der Waals surface area contributed by atoms with Crippen molar-refractivity contribution < 1.29 is 14.6 Å². The molecule has 1 N–H and O–H groups in total. The zero-order valence-corrected chi connectivity index (χ0v) is 10.3. The number of hydrogen-bond acceptors (Lipinski definition) is 3. The number of hydrogen-bond donors (Lipinski definition) is 1. The topological polar surface area (TPSA) is 49.8 Å². The average molecular weight is 229 g/mol. The number of aliphatic carboxylic acids is 1. The number of ether oxygens (including phenoxy) is 1. The Balaban J connectivity index is 2.46. The van der Waals surface area contributed by atoms with Gasteiger partial charge >= 0.3 is 5.97 Å². The molecule has 0 aromatic rings. The van der Waals surface area contributed by atoms with Gasteiger partial charge in [0.1, 0.15) is 0 Å². The van der Waals surface area contributed by atoms with Crippen LogP contribution in [0.5, 0.6) is 0 Å². The number of nitrogens with zero attached hydrogens (tertiary/aromatic N) is 1. The fourth-order valence-electron chi connectivity index (χ4n) is 2.40. The first-order valence-corrected chi connectivity index (χ1v) is 6.24. The highest BCUT2D eigenvalue weighted by Gasteiger charge is 2.26. The van der Waals surface area contributed by atoms with Crippen molar-refractivity contribution >= 4 is 5.97 Å². The molecule has 2 atom stereocenters. The van der Waals surface area contributed by atoms with Crippen LogP contribution >= 0.6 is 0 Å². The summed E-state index contributed by atoms with van der Waals surface area (Å²) in [5.41, 5.74) is 0. The maximum Gasteiger partial charge on any atom is 0.304 e. The monoisotopic (exact) mass is 229 g/mol. The summed E-state index contributed by atoms with van der Waals surface area (Å²) in [6.07, 6.45) is 3.65. The van der Waals surface area contributed by atoms with Gasteiger partial charge in [0.2, 0.25) is 0 Å². The van der Waals surface area contributed by atoms with Crippen LogP contribution in [-0.2, 0) is 9.53 Å². The van der Waals surface area contributed by atoms with E-state index < -0.39 is 5.97 Å². The summed E-state index contributed by atoms with van der Waals surface area (Å²) < 4.78 is 5.62. The lowest BCUT2D eigenvalue weighted by atomic mass is 10.0. The Labute approximate surface area is 97.6 Å². The quantitative estimate of drug-likeness (QED) is 0.753. The molecule has 0 spiro atoms. The number of carboxylic acids is 1. The van der Waals surface area contributed by atoms with E-state index >= 15 is 0 Å². The van der Waals surface area contributed by atoms with Crippen LogP contribution in [-0.4, -0.2) is 47.8 Å². The van der Waals surface area contributed by atoms with Crippen molar-refractivity contribution in [2.45, 2.75) is 51.7 Å². The molecule has 2 unspecified atom stereocenters. The third-order valence-electron chi connectivity index (χ3n) is 3.21. The van der Waals surface area contributed by atoms with E-state index in [1.54, 1.807) is 0 Å². The van der Waals surface area contributed by atoms with E-state index in [4.69, 9.17) is 9.84 Å². The molecule has 0 aromatic carbocycles. The second-order valence-corrected chi connectivity index (χ2v) is 4.37. The van der Waals surface area contributed by atoms with Crippen LogP contribution in [0.1, 0.15) is 39.5 Å². The van der Waals surface area contributed by atoms with Crippen LogP contribution in [0, 0.1) is 0 Å². The number of piperidine rings is 1. The molecule has 94 valence electrons. The molecule has 16 heavy (non-hydrogen) atoms. The molecule has 0 aliphatic carbocycles. The van der Waals surface area contributed by atoms with Crippen molar-refractivity contribution in [2.24, 2.45) is 0 Å². The smallest absolute Gasteiger partial charge is 0.304 e. The van der Waals surface area contributed by atoms with Crippen LogP contribution in [0.3, 0.4) is 0 Å². The van der Waals surface area contributed by atoms with Gasteiger partial charge in [-0.3, -0.25) is 9.69 Å². The van der Waals surface area contributed by atoms with Gasteiger partial charge in [-0.2, -0.15) is 0 Å². The fraction of sp³-hybridized carbons (Fsp3) is 0.917. The van der Waals surface area contributed by atoms with Crippen molar-refractivity contribution in [1.82, 2.24) is 4.90 Å². The number of carbonyl (C=O) groups is 1. The summed E-state index contributed by atoms with van der Waals surface area (Å²) >= 11 is 0. The molecule has 0 bridgehead atoms. The van der Waals surface area contributed by atoms with E-state index in [2.05, 4.69) is 11.8 Å². The van der Waals surface area contributed by atoms with Crippen molar-refractivity contribution in [1.29, 1.82) is 0 Å². The maximum absolute atomic E-state index is 10.8. The lowest BCUT2D eigenvalue weighted by Gasteiger charge is -2.37. The van der Waals surface area contributed by atoms with Crippen molar-refractivity contribution in [3.8, 4) is 0 Å². The summed E-state index contributed by atoms with van der Waals surface area (Å²) in [6, 6.07) is 0.167. The van der Waals surface area contributed by atoms with Crippen LogP contribution in [0.2, 0.25) is 0 Å². The zero-order chi connectivity index (χ0) is 12.0. The first kappa shape index (κ1) is 13.5. The van der Waals surface area contributed by atoms with E-state index in [-0.39, 0.29) is 12.5 Å². The molecule has 1 rings (SSSR count). The van der Waals surface area contributed by atoms with E-state index in [9.17, 15) is 4.79 Å². The number of likely N-dealkylation sites (tertiary alicyclic amines) is 1. The SMILES string of the molecule is CCOC1CCCN(C(CC)CC(=O)O)C1. The van der Waals surface area contributed by atoms with Crippen LogP contribution < -0.4 is 0 Å². The van der Waals surface area contributed by atoms with Crippen molar-refractivity contribution in [3.63, 3.8) is 0 Å². The second kappa shape index (κ2) is 6.86. The molecule has 1 heterocycles. The Morgan fingerprint density at radius 2 is 2.31 bits per heavy atom. The van der Waals surface area contributed by atoms with Gasteiger partial charge < -0.3 is 9.84 Å². The van der Waals surface area contributed by atoms with E-state index in [1.807, 2.05) is 6.92 Å². The molecule has 0 saturated carbocycles. The van der Waals surface area contributed by atoms with Crippen LogP contribution in [0.25, 0.3) is 0 Å². The van der Waals surface area contributed by atoms with Gasteiger partial charge in [-0.1, -0.05) is 6.92 Å². The van der Waals surface area contributed by atoms with Gasteiger partial charge in [0.15, 0.2) is 0 Å². The highest BCUT2D eigenvalue weighted by atomic mass is 16.5. The Kier molecular flexibility index (Phi) is 5.77. The second-order valence-electron chi connectivity index (χ2n) is 4.37. The molecule has 1 saturated heterocycles. The van der Waals surface area contributed by atoms with Gasteiger partial charge in [0, 0.05) is 19.2 Å². The molecule has 1 fully saturated rings. The molecule has 0 radical (unpaired) electrons. The van der Waals surface area contributed by atoms with E-state index in [0.717, 1.165) is 39.0 Å². The van der Waals surface area contributed by atoms with E-state index in [1.165, 1.54) is 0 Å². The van der Waals surface area contributed by atoms with Gasteiger partial charge in [-0.25, -0.2) is 0 Å². The summed E-state index contributed by atoms with van der Waals surface area (Å²) in [7, 11) is 0. The minimum absolute atomic E-state index is 0.167. The minimum Gasteiger partial charge on any atom is -0.481 e. The first-order chi connectivity index (χ1) is 7.67. The van der Waals surface area contributed by atoms with E-state index in [0.29, 0.717) is 6.10 Å². The normalized spacial score (nSPS) is 24.2. The fourth-order valence-corrected chi connectivity index (χ4v) is 2.40. The summed E-state index contributed by atoms with van der Waals surface area (Å²) in [6.45, 7) is 6.70. The van der Waals surface area contributed by atoms with Crippen LogP contribution in [0.4, 0.5) is 0 Å². The van der Waals surface area contributed by atoms with Crippen molar-refractivity contribution in [3.05, 3.63) is 0 Å². The molecular formula is C12H23NO3. The first-order valence-electron chi connectivity index (χ1n) is 6.24. The third-order valence-corrected chi connectivity index (χ3v) is 3.21. The molecular weight excluding hydrogens is 206 g/mol. The molecule has 1 aliphatic rings.